The largest absolute Gasteiger partial charge is 0.355 e. The van der Waals surface area contributed by atoms with E-state index in [9.17, 15) is 0 Å². The summed E-state index contributed by atoms with van der Waals surface area (Å²) in [6, 6.07) is 20.8. The minimum absolute atomic E-state index is 0.915. The predicted octanol–water partition coefficient (Wildman–Crippen LogP) is 5.15. The number of hydrogen-bond acceptors (Lipinski definition) is 2. The van der Waals surface area contributed by atoms with Gasteiger partial charge in [0.2, 0.25) is 5.69 Å². The maximum absolute atomic E-state index is 4.78. The molecule has 4 aromatic rings. The average Bonchev–Trinajstić information content (AvgIpc) is 3.53. The van der Waals surface area contributed by atoms with Crippen LogP contribution in [0.15, 0.2) is 66.9 Å². The fourth-order valence-electron chi connectivity index (χ4n) is 4.03. The number of nitrogens with zero attached hydrogens (tertiary/aromatic N) is 3. The zero-order chi connectivity index (χ0) is 20.8. The summed E-state index contributed by atoms with van der Waals surface area (Å²) in [4.78, 5) is 16.5. The van der Waals surface area contributed by atoms with Crippen LogP contribution in [0.2, 0.25) is 0 Å². The topological polar surface area (TPSA) is 61.2 Å². The summed E-state index contributed by atoms with van der Waals surface area (Å²) < 4.78 is 2.13. The molecule has 0 atom stereocenters. The van der Waals surface area contributed by atoms with E-state index in [1.54, 1.807) is 0 Å². The third kappa shape index (κ3) is 3.36. The quantitative estimate of drug-likeness (QED) is 0.374. The minimum Gasteiger partial charge on any atom is -0.355 e. The highest BCUT2D eigenvalue weighted by molar-refractivity contribution is 5.85. The van der Waals surface area contributed by atoms with Gasteiger partial charge in [0.1, 0.15) is 7.05 Å². The van der Waals surface area contributed by atoms with Crippen LogP contribution in [-0.4, -0.2) is 19.9 Å². The van der Waals surface area contributed by atoms with Gasteiger partial charge in [-0.2, -0.15) is 0 Å². The van der Waals surface area contributed by atoms with Crippen LogP contribution in [0.25, 0.3) is 57.6 Å². The first kappa shape index (κ1) is 17.6. The van der Waals surface area contributed by atoms with Crippen molar-refractivity contribution in [2.75, 3.05) is 0 Å². The van der Waals surface area contributed by atoms with Crippen molar-refractivity contribution >= 4 is 46.4 Å². The molecule has 2 aliphatic heterocycles. The number of fused-ring (bicyclic) bond motifs is 8. The molecule has 0 aromatic carbocycles. The van der Waals surface area contributed by atoms with Crippen molar-refractivity contribution in [3.63, 3.8) is 0 Å². The van der Waals surface area contributed by atoms with Gasteiger partial charge >= 0.3 is 0 Å². The molecule has 2 aliphatic rings. The maximum Gasteiger partial charge on any atom is 0.214 e. The van der Waals surface area contributed by atoms with Crippen LogP contribution >= 0.6 is 0 Å². The molecule has 0 radical (unpaired) electrons. The molecule has 0 unspecified atom stereocenters. The Kier molecular flexibility index (Phi) is 3.93. The molecule has 5 heteroatoms. The van der Waals surface area contributed by atoms with Crippen molar-refractivity contribution in [1.29, 1.82) is 0 Å². The fourth-order valence-corrected chi connectivity index (χ4v) is 4.03. The van der Waals surface area contributed by atoms with Gasteiger partial charge in [-0.15, -0.1) is 0 Å². The molecule has 0 saturated carbocycles. The van der Waals surface area contributed by atoms with Crippen molar-refractivity contribution in [2.45, 2.75) is 0 Å². The molecule has 0 aliphatic carbocycles. The van der Waals surface area contributed by atoms with Gasteiger partial charge in [0, 0.05) is 28.7 Å². The molecule has 8 bridgehead atoms. The van der Waals surface area contributed by atoms with Crippen molar-refractivity contribution in [1.82, 2.24) is 19.9 Å². The zero-order valence-corrected chi connectivity index (χ0v) is 17.0. The third-order valence-electron chi connectivity index (χ3n) is 5.50. The molecular weight excluding hydrogens is 382 g/mol. The van der Waals surface area contributed by atoms with E-state index in [0.717, 1.165) is 56.1 Å². The summed E-state index contributed by atoms with van der Waals surface area (Å²) >= 11 is 0. The number of rotatable bonds is 1. The van der Waals surface area contributed by atoms with Crippen molar-refractivity contribution in [2.24, 2.45) is 7.05 Å². The lowest BCUT2D eigenvalue weighted by Crippen LogP contribution is -2.29. The number of nitrogens with one attached hydrogen (secondary N) is 2. The molecule has 0 fully saturated rings. The Balaban J connectivity index is 1.69. The second kappa shape index (κ2) is 6.92. The van der Waals surface area contributed by atoms with Crippen molar-refractivity contribution in [3.8, 4) is 11.3 Å². The van der Waals surface area contributed by atoms with Crippen LogP contribution in [0, 0.1) is 0 Å². The summed E-state index contributed by atoms with van der Waals surface area (Å²) in [5.74, 6) is 0. The Hall–Kier alpha value is -4.25. The van der Waals surface area contributed by atoms with Crippen LogP contribution in [0.3, 0.4) is 0 Å². The van der Waals surface area contributed by atoms with E-state index >= 15 is 0 Å². The summed E-state index contributed by atoms with van der Waals surface area (Å²) in [5, 5.41) is 0. The van der Waals surface area contributed by atoms with E-state index in [0.29, 0.717) is 0 Å². The summed E-state index contributed by atoms with van der Waals surface area (Å²) in [6.07, 6.45) is 10.2. The Morgan fingerprint density at radius 2 is 1.26 bits per heavy atom. The maximum atomic E-state index is 4.78. The van der Waals surface area contributed by atoms with E-state index in [4.69, 9.17) is 9.97 Å². The van der Waals surface area contributed by atoms with Gasteiger partial charge in [0.15, 0.2) is 6.20 Å². The number of aromatic amines is 2. The first-order valence-electron chi connectivity index (χ1n) is 10.2. The highest BCUT2D eigenvalue weighted by Gasteiger charge is 2.13. The average molecular weight is 402 g/mol. The normalized spacial score (nSPS) is 12.4. The lowest BCUT2D eigenvalue weighted by molar-refractivity contribution is -0.660. The molecule has 6 rings (SSSR count). The van der Waals surface area contributed by atoms with Crippen LogP contribution in [-0.2, 0) is 7.05 Å². The molecule has 2 N–H and O–H groups in total. The molecule has 4 aromatic heterocycles. The fraction of sp³-hybridized carbons (Fsp3) is 0.0385. The van der Waals surface area contributed by atoms with Crippen LogP contribution in [0.5, 0.6) is 0 Å². The van der Waals surface area contributed by atoms with E-state index in [2.05, 4.69) is 76.3 Å². The Morgan fingerprint density at radius 3 is 1.90 bits per heavy atom. The number of hydrogen-bond donors (Lipinski definition) is 2. The van der Waals surface area contributed by atoms with Crippen LogP contribution in [0.1, 0.15) is 22.8 Å². The SMILES string of the molecule is C[n+]1ccccc1-c1cc2cc3nc(cc4ccc(cc5nc(cc1[nH]2)C=C5)[nH]4)C=C3. The molecule has 0 amide bonds. The number of aromatic nitrogens is 5. The molecule has 5 nitrogen and oxygen atoms in total. The molecule has 148 valence electrons. The lowest BCUT2D eigenvalue weighted by atomic mass is 10.1. The van der Waals surface area contributed by atoms with Gasteiger partial charge in [-0.3, -0.25) is 0 Å². The van der Waals surface area contributed by atoms with Gasteiger partial charge in [0.25, 0.3) is 0 Å². The smallest absolute Gasteiger partial charge is 0.214 e. The Labute approximate surface area is 179 Å². The first-order valence-corrected chi connectivity index (χ1v) is 10.2. The molecule has 6 heterocycles. The Morgan fingerprint density at radius 1 is 0.645 bits per heavy atom. The summed E-state index contributed by atoms with van der Waals surface area (Å²) in [6.45, 7) is 0. The van der Waals surface area contributed by atoms with E-state index < -0.39 is 0 Å². The zero-order valence-electron chi connectivity index (χ0n) is 17.0. The summed E-state index contributed by atoms with van der Waals surface area (Å²) in [5.41, 5.74) is 9.98. The third-order valence-corrected chi connectivity index (χ3v) is 5.50. The summed E-state index contributed by atoms with van der Waals surface area (Å²) in [7, 11) is 2.06. The van der Waals surface area contributed by atoms with E-state index in [-0.39, 0.29) is 0 Å². The number of aryl methyl sites for hydroxylation is 1. The van der Waals surface area contributed by atoms with E-state index in [1.165, 1.54) is 0 Å². The minimum atomic E-state index is 0.915. The molecular formula is C26H20N5+. The van der Waals surface area contributed by atoms with Crippen molar-refractivity contribution < 1.29 is 4.57 Å². The lowest BCUT2D eigenvalue weighted by Gasteiger charge is -1.97. The first-order chi connectivity index (χ1) is 15.2. The van der Waals surface area contributed by atoms with Crippen LogP contribution in [0.4, 0.5) is 0 Å². The van der Waals surface area contributed by atoms with Gasteiger partial charge in [-0.05, 0) is 72.8 Å². The predicted molar refractivity (Wildman–Crippen MR) is 125 cm³/mol. The standard InChI is InChI=1S/C26H19N5/c1-31-11-3-2-4-26(31)24-15-23-14-21-8-7-19(28-21)12-17-5-6-18(27-17)13-20-9-10-22(29-20)16-25(24)30-23/h2-16H,1H3,(H,27,28,29,30)/p+1. The highest BCUT2D eigenvalue weighted by atomic mass is 14.9. The second-order valence-electron chi connectivity index (χ2n) is 7.78. The van der Waals surface area contributed by atoms with Gasteiger partial charge < -0.3 is 9.97 Å². The monoisotopic (exact) mass is 402 g/mol. The second-order valence-corrected chi connectivity index (χ2v) is 7.78. The van der Waals surface area contributed by atoms with Gasteiger partial charge in [-0.1, -0.05) is 0 Å². The number of pyridine rings is 1. The Bertz CT molecular complexity index is 1550. The molecule has 31 heavy (non-hydrogen) atoms. The van der Waals surface area contributed by atoms with Crippen LogP contribution < -0.4 is 4.57 Å². The van der Waals surface area contributed by atoms with Gasteiger partial charge in [0.05, 0.1) is 33.9 Å². The molecule has 0 spiro atoms. The van der Waals surface area contributed by atoms with E-state index in [1.807, 2.05) is 36.4 Å². The highest BCUT2D eigenvalue weighted by Crippen LogP contribution is 2.25. The van der Waals surface area contributed by atoms with Crippen molar-refractivity contribution in [3.05, 3.63) is 89.6 Å². The molecule has 0 saturated heterocycles. The van der Waals surface area contributed by atoms with Gasteiger partial charge in [-0.25, -0.2) is 14.5 Å². The number of H-pyrrole nitrogens is 2.